The Morgan fingerprint density at radius 1 is 1.12 bits per heavy atom. The summed E-state index contributed by atoms with van der Waals surface area (Å²) in [6.45, 7) is 10.6. The molecule has 2 aliphatic rings. The minimum absolute atomic E-state index is 0.0387. The number of hydrogen-bond donors (Lipinski definition) is 3. The highest BCUT2D eigenvalue weighted by Crippen LogP contribution is 2.37. The van der Waals surface area contributed by atoms with Crippen molar-refractivity contribution in [1.29, 1.82) is 0 Å². The van der Waals surface area contributed by atoms with Crippen LogP contribution >= 0.6 is 11.3 Å². The van der Waals surface area contributed by atoms with Gasteiger partial charge in [0.25, 0.3) is 0 Å². The lowest BCUT2D eigenvalue weighted by Gasteiger charge is -2.34. The van der Waals surface area contributed by atoms with Gasteiger partial charge in [-0.3, -0.25) is 9.59 Å². The average Bonchev–Trinajstić information content (AvgIpc) is 3.59. The van der Waals surface area contributed by atoms with Gasteiger partial charge in [0, 0.05) is 12.3 Å². The Kier molecular flexibility index (Phi) is 10.4. The molecule has 2 fully saturated rings. The van der Waals surface area contributed by atoms with Crippen LogP contribution < -0.4 is 0 Å². The fourth-order valence-electron chi connectivity index (χ4n) is 5.86. The summed E-state index contributed by atoms with van der Waals surface area (Å²) in [4.78, 5) is 31.9. The largest absolute Gasteiger partial charge is 0.458 e. The van der Waals surface area contributed by atoms with Crippen molar-refractivity contribution < 1.29 is 34.4 Å². The SMILES string of the molecule is C/C(=C\c1nc(C)sc1C(O)c1ccccc1)[C@@H]1C[C@@H]2O[C@@H]2CCC[C@H](C)[C@H](O)[C@@H](C)C(=O)C(C)(C)[C@@H](O)CC(=O)O1. The molecule has 3 N–H and O–H groups in total. The Bertz CT molecular complexity index is 1270. The quantitative estimate of drug-likeness (QED) is 0.324. The molecule has 42 heavy (non-hydrogen) atoms. The summed E-state index contributed by atoms with van der Waals surface area (Å²) < 4.78 is 11.9. The van der Waals surface area contributed by atoms with E-state index in [1.807, 2.05) is 57.2 Å². The van der Waals surface area contributed by atoms with E-state index in [9.17, 15) is 24.9 Å². The normalized spacial score (nSPS) is 32.1. The lowest BCUT2D eigenvalue weighted by molar-refractivity contribution is -0.154. The predicted molar refractivity (Wildman–Crippen MR) is 162 cm³/mol. The molecule has 1 unspecified atom stereocenters. The van der Waals surface area contributed by atoms with Crippen molar-refractivity contribution in [2.75, 3.05) is 0 Å². The third kappa shape index (κ3) is 7.55. The number of fused-ring (bicyclic) bond motifs is 1. The van der Waals surface area contributed by atoms with Gasteiger partial charge >= 0.3 is 5.97 Å². The highest BCUT2D eigenvalue weighted by molar-refractivity contribution is 7.11. The van der Waals surface area contributed by atoms with Gasteiger partial charge in [-0.15, -0.1) is 11.3 Å². The van der Waals surface area contributed by atoms with Gasteiger partial charge in [-0.2, -0.15) is 0 Å². The highest BCUT2D eigenvalue weighted by atomic mass is 32.1. The van der Waals surface area contributed by atoms with Crippen LogP contribution in [0.4, 0.5) is 0 Å². The number of rotatable bonds is 4. The number of Topliss-reactive ketones (excluding diaryl/α,β-unsaturated/α-hetero) is 1. The Morgan fingerprint density at radius 3 is 2.50 bits per heavy atom. The number of nitrogens with zero attached hydrogens (tertiary/aromatic N) is 1. The van der Waals surface area contributed by atoms with E-state index in [2.05, 4.69) is 4.98 Å². The maximum Gasteiger partial charge on any atom is 0.309 e. The van der Waals surface area contributed by atoms with Gasteiger partial charge in [-0.05, 0) is 49.8 Å². The zero-order valence-corrected chi connectivity index (χ0v) is 26.3. The molecule has 230 valence electrons. The van der Waals surface area contributed by atoms with Crippen LogP contribution in [0, 0.1) is 24.2 Å². The van der Waals surface area contributed by atoms with E-state index >= 15 is 0 Å². The number of aliphatic hydroxyl groups excluding tert-OH is 3. The summed E-state index contributed by atoms with van der Waals surface area (Å²) in [5.41, 5.74) is 0.889. The summed E-state index contributed by atoms with van der Waals surface area (Å²) in [5.74, 6) is -1.67. The second kappa shape index (κ2) is 13.5. The molecule has 0 bridgehead atoms. The Hall–Kier alpha value is -2.43. The van der Waals surface area contributed by atoms with Crippen LogP contribution in [0.15, 0.2) is 35.9 Å². The minimum Gasteiger partial charge on any atom is -0.458 e. The number of carbonyl (C=O) groups excluding carboxylic acids is 2. The Labute approximate surface area is 252 Å². The second-order valence-electron chi connectivity index (χ2n) is 12.6. The topological polar surface area (TPSA) is 129 Å². The molecule has 1 aromatic heterocycles. The third-order valence-electron chi connectivity index (χ3n) is 8.92. The standard InChI is InChI=1S/C33H45NO7S/c1-18-11-10-14-24-26(40-24)16-25(41-28(36)17-27(35)33(5,6)32(39)20(3)29(18)37)19(2)15-23-31(42-21(4)34-23)30(38)22-12-8-7-9-13-22/h7-9,12-13,15,18,20,24-27,29-30,35,37-38H,10-11,14,16-17H2,1-6H3/b19-15+/t18-,20+,24+,25-,26-,27-,29-,30?/m0/s1. The van der Waals surface area contributed by atoms with E-state index in [4.69, 9.17) is 9.47 Å². The van der Waals surface area contributed by atoms with Gasteiger partial charge in [0.05, 0.1) is 51.8 Å². The fraction of sp³-hybridized carbons (Fsp3) is 0.606. The number of cyclic esters (lactones) is 1. The van der Waals surface area contributed by atoms with E-state index in [-0.39, 0.29) is 30.3 Å². The summed E-state index contributed by atoms with van der Waals surface area (Å²) in [6, 6.07) is 9.40. The zero-order valence-electron chi connectivity index (χ0n) is 25.4. The Morgan fingerprint density at radius 2 is 1.81 bits per heavy atom. The van der Waals surface area contributed by atoms with Crippen molar-refractivity contribution in [3.05, 3.63) is 57.0 Å². The summed E-state index contributed by atoms with van der Waals surface area (Å²) >= 11 is 1.42. The van der Waals surface area contributed by atoms with Crippen molar-refractivity contribution in [3.8, 4) is 0 Å². The molecule has 3 heterocycles. The first-order valence-corrected chi connectivity index (χ1v) is 15.7. The van der Waals surface area contributed by atoms with E-state index in [0.717, 1.165) is 35.4 Å². The van der Waals surface area contributed by atoms with Crippen LogP contribution in [0.1, 0.15) is 94.0 Å². The molecular weight excluding hydrogens is 554 g/mol. The number of epoxide rings is 1. The molecule has 0 amide bonds. The van der Waals surface area contributed by atoms with Crippen molar-refractivity contribution in [2.24, 2.45) is 17.3 Å². The number of carbonyl (C=O) groups is 2. The molecule has 0 saturated carbocycles. The summed E-state index contributed by atoms with van der Waals surface area (Å²) in [6.07, 6.45) is 0.728. The van der Waals surface area contributed by atoms with Crippen molar-refractivity contribution >= 4 is 29.2 Å². The highest BCUT2D eigenvalue weighted by Gasteiger charge is 2.44. The number of aliphatic hydroxyl groups is 3. The molecular formula is C33H45NO7S. The molecule has 8 atom stereocenters. The number of aromatic nitrogens is 1. The van der Waals surface area contributed by atoms with Gasteiger partial charge in [0.15, 0.2) is 0 Å². The van der Waals surface area contributed by atoms with Gasteiger partial charge in [-0.25, -0.2) is 4.98 Å². The van der Waals surface area contributed by atoms with Crippen molar-refractivity contribution in [3.63, 3.8) is 0 Å². The van der Waals surface area contributed by atoms with Gasteiger partial charge in [0.1, 0.15) is 18.0 Å². The molecule has 0 spiro atoms. The molecule has 8 nitrogen and oxygen atoms in total. The number of thiazole rings is 1. The molecule has 1 aromatic carbocycles. The molecule has 2 aliphatic heterocycles. The minimum atomic E-state index is -1.28. The Balaban J connectivity index is 1.59. The van der Waals surface area contributed by atoms with E-state index < -0.39 is 41.7 Å². The van der Waals surface area contributed by atoms with E-state index in [1.54, 1.807) is 20.8 Å². The zero-order chi connectivity index (χ0) is 30.8. The number of benzene rings is 1. The van der Waals surface area contributed by atoms with Crippen molar-refractivity contribution in [2.45, 2.75) is 110 Å². The molecule has 9 heteroatoms. The monoisotopic (exact) mass is 599 g/mol. The van der Waals surface area contributed by atoms with Crippen LogP contribution in [0.2, 0.25) is 0 Å². The average molecular weight is 600 g/mol. The van der Waals surface area contributed by atoms with Gasteiger partial charge < -0.3 is 24.8 Å². The number of aryl methyl sites for hydroxylation is 1. The first-order valence-electron chi connectivity index (χ1n) is 14.9. The maximum atomic E-state index is 13.3. The van der Waals surface area contributed by atoms with Crippen molar-refractivity contribution in [1.82, 2.24) is 4.98 Å². The van der Waals surface area contributed by atoms with E-state index in [0.29, 0.717) is 17.0 Å². The summed E-state index contributed by atoms with van der Waals surface area (Å²) in [7, 11) is 0. The first kappa shape index (κ1) is 32.5. The molecule has 4 rings (SSSR count). The van der Waals surface area contributed by atoms with E-state index in [1.165, 1.54) is 11.3 Å². The van der Waals surface area contributed by atoms with Crippen LogP contribution in [-0.4, -0.2) is 62.6 Å². The fourth-order valence-corrected chi connectivity index (χ4v) is 6.78. The smallest absolute Gasteiger partial charge is 0.309 e. The van der Waals surface area contributed by atoms with Crippen LogP contribution in [0.25, 0.3) is 6.08 Å². The molecule has 2 aromatic rings. The second-order valence-corrected chi connectivity index (χ2v) is 13.8. The molecule has 0 radical (unpaired) electrons. The number of hydrogen-bond acceptors (Lipinski definition) is 9. The predicted octanol–water partition coefficient (Wildman–Crippen LogP) is 5.17. The number of ketones is 1. The van der Waals surface area contributed by atoms with Gasteiger partial charge in [-0.1, -0.05) is 64.4 Å². The van der Waals surface area contributed by atoms with Gasteiger partial charge in [0.2, 0.25) is 0 Å². The molecule has 0 aliphatic carbocycles. The van der Waals surface area contributed by atoms with Crippen LogP contribution in [0.5, 0.6) is 0 Å². The third-order valence-corrected chi connectivity index (χ3v) is 9.96. The maximum absolute atomic E-state index is 13.3. The molecule has 2 saturated heterocycles. The lowest BCUT2D eigenvalue weighted by atomic mass is 9.73. The number of ether oxygens (including phenoxy) is 2. The summed E-state index contributed by atoms with van der Waals surface area (Å²) in [5, 5.41) is 33.8. The lowest BCUT2D eigenvalue weighted by Crippen LogP contribution is -2.45. The van der Waals surface area contributed by atoms with Crippen LogP contribution in [0.3, 0.4) is 0 Å². The van der Waals surface area contributed by atoms with Crippen LogP contribution in [-0.2, 0) is 19.1 Å². The number of esters is 1. The first-order chi connectivity index (χ1) is 19.8.